The van der Waals surface area contributed by atoms with Gasteiger partial charge in [0, 0.05) is 12.8 Å². The molecule has 3 heterocycles. The van der Waals surface area contributed by atoms with E-state index in [0.717, 1.165) is 27.3 Å². The lowest BCUT2D eigenvalue weighted by Crippen LogP contribution is -2.47. The molecule has 2 amide bonds. The molecule has 2 aromatic heterocycles. The first-order chi connectivity index (χ1) is 14.1. The summed E-state index contributed by atoms with van der Waals surface area (Å²) in [6.07, 6.45) is 0. The van der Waals surface area contributed by atoms with Crippen molar-refractivity contribution in [1.29, 1.82) is 0 Å². The Labute approximate surface area is 173 Å². The fourth-order valence-corrected chi connectivity index (χ4v) is 4.01. The molecule has 1 atom stereocenters. The summed E-state index contributed by atoms with van der Waals surface area (Å²) in [6, 6.07) is 11.4. The van der Waals surface area contributed by atoms with Gasteiger partial charge in [-0.05, 0) is 30.9 Å². The predicted molar refractivity (Wildman–Crippen MR) is 111 cm³/mol. The van der Waals surface area contributed by atoms with E-state index in [4.69, 9.17) is 9.26 Å². The van der Waals surface area contributed by atoms with Gasteiger partial charge in [-0.25, -0.2) is 4.79 Å². The van der Waals surface area contributed by atoms with Crippen molar-refractivity contribution in [3.63, 3.8) is 0 Å². The average molecular weight is 410 g/mol. The van der Waals surface area contributed by atoms with Crippen LogP contribution in [-0.4, -0.2) is 41.3 Å². The Balaban J connectivity index is 1.79. The van der Waals surface area contributed by atoms with E-state index in [2.05, 4.69) is 15.5 Å². The van der Waals surface area contributed by atoms with Crippen molar-refractivity contribution >= 4 is 22.9 Å². The summed E-state index contributed by atoms with van der Waals surface area (Å²) in [6.45, 7) is 4.80. The molecule has 0 saturated heterocycles. The number of aryl methyl sites for hydroxylation is 1. The molecule has 0 aliphatic carbocycles. The van der Waals surface area contributed by atoms with Gasteiger partial charge < -0.3 is 14.6 Å². The van der Waals surface area contributed by atoms with Gasteiger partial charge in [0.1, 0.15) is 0 Å². The van der Waals surface area contributed by atoms with E-state index in [1.54, 1.807) is 23.3 Å². The highest BCUT2D eigenvalue weighted by molar-refractivity contribution is 7.13. The molecule has 1 unspecified atom stereocenters. The molecule has 0 spiro atoms. The summed E-state index contributed by atoms with van der Waals surface area (Å²) >= 11 is 1.55. The summed E-state index contributed by atoms with van der Waals surface area (Å²) in [4.78, 5) is 20.0. The normalized spacial score (nSPS) is 17.0. The quantitative estimate of drug-likeness (QED) is 0.657. The van der Waals surface area contributed by atoms with E-state index in [0.29, 0.717) is 24.9 Å². The van der Waals surface area contributed by atoms with Gasteiger partial charge in [0.25, 0.3) is 5.89 Å². The number of carbonyl (C=O) groups is 1. The van der Waals surface area contributed by atoms with E-state index >= 15 is 0 Å². The molecule has 0 fully saturated rings. The first-order valence-electron chi connectivity index (χ1n) is 9.30. The number of nitrogens with one attached hydrogen (secondary N) is 1. The molecule has 1 aliphatic heterocycles. The van der Waals surface area contributed by atoms with Crippen molar-refractivity contribution < 1.29 is 14.1 Å². The highest BCUT2D eigenvalue weighted by Gasteiger charge is 2.35. The van der Waals surface area contributed by atoms with Crippen LogP contribution in [0.1, 0.15) is 30.0 Å². The highest BCUT2D eigenvalue weighted by Crippen LogP contribution is 2.37. The molecule has 1 aromatic carbocycles. The van der Waals surface area contributed by atoms with Crippen LogP contribution in [0.25, 0.3) is 16.3 Å². The van der Waals surface area contributed by atoms with Gasteiger partial charge in [-0.1, -0.05) is 41.1 Å². The third kappa shape index (κ3) is 3.81. The van der Waals surface area contributed by atoms with Crippen molar-refractivity contribution in [1.82, 2.24) is 20.4 Å². The van der Waals surface area contributed by atoms with Crippen molar-refractivity contribution in [2.24, 2.45) is 0 Å². The topological polar surface area (TPSA) is 80.5 Å². The Bertz CT molecular complexity index is 1020. The zero-order valence-electron chi connectivity index (χ0n) is 16.5. The molecule has 3 aromatic rings. The van der Waals surface area contributed by atoms with E-state index in [-0.39, 0.29) is 12.1 Å². The summed E-state index contributed by atoms with van der Waals surface area (Å²) in [5, 5.41) is 9.20. The van der Waals surface area contributed by atoms with Gasteiger partial charge in [0.15, 0.2) is 0 Å². The lowest BCUT2D eigenvalue weighted by atomic mass is 9.94. The molecular formula is C21H22N4O3S. The zero-order chi connectivity index (χ0) is 20.4. The number of ether oxygens (including phenoxy) is 1. The number of hydrogen-bond donors (Lipinski definition) is 1. The van der Waals surface area contributed by atoms with Crippen LogP contribution < -0.4 is 5.32 Å². The number of amides is 2. The van der Waals surface area contributed by atoms with Crippen LogP contribution in [-0.2, 0) is 4.74 Å². The molecule has 150 valence electrons. The second-order valence-electron chi connectivity index (χ2n) is 6.84. The Morgan fingerprint density at radius 3 is 2.72 bits per heavy atom. The Hall–Kier alpha value is -2.97. The minimum atomic E-state index is -0.376. The number of methoxy groups -OCH3 is 1. The summed E-state index contributed by atoms with van der Waals surface area (Å²) in [5.74, 6) is 0.942. The molecule has 1 aliphatic rings. The fraction of sp³-hybridized carbons (Fsp3) is 0.286. The van der Waals surface area contributed by atoms with E-state index in [1.807, 2.05) is 55.6 Å². The van der Waals surface area contributed by atoms with E-state index in [1.165, 1.54) is 0 Å². The maximum absolute atomic E-state index is 12.8. The standard InChI is InChI=1S/C21H22N4O3S/c1-13-6-8-15(9-7-13)18-17(14(2)25(10-11-27-3)21(26)22-18)20-23-19(24-28-20)16-5-4-12-29-16/h4-9,12,18H,10-11H2,1-3H3,(H,22,26). The average Bonchev–Trinajstić information content (AvgIpc) is 3.40. The number of thiophene rings is 1. The molecule has 0 bridgehead atoms. The summed E-state index contributed by atoms with van der Waals surface area (Å²) in [5.41, 5.74) is 3.68. The molecule has 0 radical (unpaired) electrons. The predicted octanol–water partition coefficient (Wildman–Crippen LogP) is 4.25. The smallest absolute Gasteiger partial charge is 0.322 e. The first kappa shape index (κ1) is 19.4. The number of rotatable bonds is 6. The maximum Gasteiger partial charge on any atom is 0.322 e. The van der Waals surface area contributed by atoms with Gasteiger partial charge in [0.2, 0.25) is 5.82 Å². The molecule has 8 heteroatoms. The van der Waals surface area contributed by atoms with Gasteiger partial charge in [-0.2, -0.15) is 4.98 Å². The summed E-state index contributed by atoms with van der Waals surface area (Å²) in [7, 11) is 1.61. The highest BCUT2D eigenvalue weighted by atomic mass is 32.1. The van der Waals surface area contributed by atoms with Gasteiger partial charge in [0.05, 0.1) is 29.6 Å². The number of hydrogen-bond acceptors (Lipinski definition) is 6. The molecule has 0 saturated carbocycles. The Morgan fingerprint density at radius 2 is 2.03 bits per heavy atom. The van der Waals surface area contributed by atoms with Crippen LogP contribution in [0, 0.1) is 6.92 Å². The molecule has 4 rings (SSSR count). The number of carbonyl (C=O) groups excluding carboxylic acids is 1. The number of nitrogens with zero attached hydrogens (tertiary/aromatic N) is 3. The van der Waals surface area contributed by atoms with E-state index < -0.39 is 0 Å². The molecule has 7 nitrogen and oxygen atoms in total. The van der Waals surface area contributed by atoms with Crippen molar-refractivity contribution in [2.45, 2.75) is 19.9 Å². The Morgan fingerprint density at radius 1 is 1.24 bits per heavy atom. The maximum atomic E-state index is 12.8. The summed E-state index contributed by atoms with van der Waals surface area (Å²) < 4.78 is 10.8. The SMILES string of the molecule is COCCN1C(=O)NC(c2ccc(C)cc2)C(c2nc(-c3cccs3)no2)=C1C. The molecule has 1 N–H and O–H groups in total. The third-order valence-electron chi connectivity index (χ3n) is 4.92. The molecule has 29 heavy (non-hydrogen) atoms. The lowest BCUT2D eigenvalue weighted by Gasteiger charge is -2.35. The number of benzene rings is 1. The molecular weight excluding hydrogens is 388 g/mol. The second kappa shape index (κ2) is 8.18. The lowest BCUT2D eigenvalue weighted by molar-refractivity contribution is 0.158. The van der Waals surface area contributed by atoms with Crippen LogP contribution in [0.2, 0.25) is 0 Å². The number of urea groups is 1. The van der Waals surface area contributed by atoms with Gasteiger partial charge >= 0.3 is 6.03 Å². The first-order valence-corrected chi connectivity index (χ1v) is 10.2. The zero-order valence-corrected chi connectivity index (χ0v) is 17.3. The van der Waals surface area contributed by atoms with Crippen LogP contribution in [0.4, 0.5) is 4.79 Å². The van der Waals surface area contributed by atoms with Crippen LogP contribution in [0.3, 0.4) is 0 Å². The number of allylic oxidation sites excluding steroid dienone is 1. The van der Waals surface area contributed by atoms with Crippen LogP contribution in [0.15, 0.2) is 52.0 Å². The van der Waals surface area contributed by atoms with Crippen molar-refractivity contribution in [2.75, 3.05) is 20.3 Å². The van der Waals surface area contributed by atoms with Crippen LogP contribution in [0.5, 0.6) is 0 Å². The van der Waals surface area contributed by atoms with Gasteiger partial charge in [-0.15, -0.1) is 11.3 Å². The monoisotopic (exact) mass is 410 g/mol. The Kier molecular flexibility index (Phi) is 5.46. The van der Waals surface area contributed by atoms with Crippen molar-refractivity contribution in [3.05, 3.63) is 64.5 Å². The van der Waals surface area contributed by atoms with Gasteiger partial charge in [-0.3, -0.25) is 4.90 Å². The minimum Gasteiger partial charge on any atom is -0.383 e. The van der Waals surface area contributed by atoms with Crippen molar-refractivity contribution in [3.8, 4) is 10.7 Å². The second-order valence-corrected chi connectivity index (χ2v) is 7.78. The largest absolute Gasteiger partial charge is 0.383 e. The van der Waals surface area contributed by atoms with E-state index in [9.17, 15) is 4.79 Å². The van der Waals surface area contributed by atoms with Crippen LogP contribution >= 0.6 is 11.3 Å². The minimum absolute atomic E-state index is 0.174. The fourth-order valence-electron chi connectivity index (χ4n) is 3.36. The third-order valence-corrected chi connectivity index (χ3v) is 5.79. The number of aromatic nitrogens is 2.